The zero-order valence-corrected chi connectivity index (χ0v) is 14.1. The Balaban J connectivity index is 1.59. The Morgan fingerprint density at radius 3 is 2.84 bits per heavy atom. The highest BCUT2D eigenvalue weighted by molar-refractivity contribution is 5.95. The molecule has 2 atom stereocenters. The monoisotopic (exact) mass is 346 g/mol. The van der Waals surface area contributed by atoms with E-state index in [0.717, 1.165) is 29.8 Å². The molecule has 0 aliphatic carbocycles. The summed E-state index contributed by atoms with van der Waals surface area (Å²) in [6.45, 7) is 3.85. The predicted molar refractivity (Wildman–Crippen MR) is 91.9 cm³/mol. The van der Waals surface area contributed by atoms with Gasteiger partial charge in [0.05, 0.1) is 6.04 Å². The number of hydrogen-bond donors (Lipinski definition) is 1. The van der Waals surface area contributed by atoms with Crippen molar-refractivity contribution in [2.24, 2.45) is 0 Å². The van der Waals surface area contributed by atoms with Gasteiger partial charge in [0.25, 0.3) is 0 Å². The molecule has 1 N–H and O–H groups in total. The van der Waals surface area contributed by atoms with Crippen LogP contribution in [0.4, 0.5) is 19.3 Å². The van der Waals surface area contributed by atoms with Crippen LogP contribution in [0.2, 0.25) is 0 Å². The fraction of sp³-hybridized carbons (Fsp3) is 0.316. The van der Waals surface area contributed by atoms with E-state index in [-0.39, 0.29) is 30.5 Å². The molecule has 6 heteroatoms. The molecule has 2 amide bonds. The lowest BCUT2D eigenvalue weighted by Gasteiger charge is -2.25. The van der Waals surface area contributed by atoms with Crippen molar-refractivity contribution in [2.45, 2.75) is 32.4 Å². The standard InChI is InChI=1S/C19H20F2N2O2/c1-12(11-25-18-8-7-15(20)10-16(18)21)22-19(24)23-13(2)9-14-5-3-4-6-17(14)23/h3-8,10,12-13H,9,11H2,1-2H3,(H,22,24). The summed E-state index contributed by atoms with van der Waals surface area (Å²) in [7, 11) is 0. The van der Waals surface area contributed by atoms with Crippen molar-refractivity contribution in [3.63, 3.8) is 0 Å². The molecule has 3 rings (SSSR count). The molecule has 1 heterocycles. The molecule has 2 aromatic rings. The maximum Gasteiger partial charge on any atom is 0.322 e. The Morgan fingerprint density at radius 1 is 1.32 bits per heavy atom. The second-order valence-corrected chi connectivity index (χ2v) is 6.29. The Labute approximate surface area is 145 Å². The number of carbonyl (C=O) groups excluding carboxylic acids is 1. The predicted octanol–water partition coefficient (Wildman–Crippen LogP) is 3.89. The number of carbonyl (C=O) groups is 1. The minimum atomic E-state index is -0.763. The average Bonchev–Trinajstić information content (AvgIpc) is 2.89. The molecule has 132 valence electrons. The van der Waals surface area contributed by atoms with Crippen molar-refractivity contribution in [1.82, 2.24) is 5.32 Å². The second-order valence-electron chi connectivity index (χ2n) is 6.29. The number of anilines is 1. The van der Waals surface area contributed by atoms with E-state index in [2.05, 4.69) is 5.32 Å². The minimum Gasteiger partial charge on any atom is -0.488 e. The number of para-hydroxylation sites is 1. The lowest BCUT2D eigenvalue weighted by Crippen LogP contribution is -2.48. The van der Waals surface area contributed by atoms with E-state index < -0.39 is 11.6 Å². The number of halogens is 2. The lowest BCUT2D eigenvalue weighted by atomic mass is 10.1. The van der Waals surface area contributed by atoms with Crippen LogP contribution in [0.3, 0.4) is 0 Å². The molecule has 0 fully saturated rings. The lowest BCUT2D eigenvalue weighted by molar-refractivity contribution is 0.228. The van der Waals surface area contributed by atoms with Crippen LogP contribution in [0.25, 0.3) is 0 Å². The number of nitrogens with one attached hydrogen (secondary N) is 1. The highest BCUT2D eigenvalue weighted by Crippen LogP contribution is 2.31. The number of hydrogen-bond acceptors (Lipinski definition) is 2. The van der Waals surface area contributed by atoms with Crippen molar-refractivity contribution in [2.75, 3.05) is 11.5 Å². The SMILES string of the molecule is CC(COc1ccc(F)cc1F)NC(=O)N1c2ccccc2CC1C. The number of urea groups is 1. The van der Waals surface area contributed by atoms with Gasteiger partial charge in [-0.15, -0.1) is 0 Å². The first-order chi connectivity index (χ1) is 12.0. The topological polar surface area (TPSA) is 41.6 Å². The third-order valence-electron chi connectivity index (χ3n) is 4.18. The van der Waals surface area contributed by atoms with Crippen LogP contribution in [-0.2, 0) is 6.42 Å². The normalized spacial score (nSPS) is 17.1. The van der Waals surface area contributed by atoms with Gasteiger partial charge < -0.3 is 10.1 Å². The van der Waals surface area contributed by atoms with Gasteiger partial charge in [-0.3, -0.25) is 4.90 Å². The fourth-order valence-corrected chi connectivity index (χ4v) is 3.00. The molecule has 0 saturated heterocycles. The van der Waals surface area contributed by atoms with Crippen molar-refractivity contribution in [3.8, 4) is 5.75 Å². The molecular formula is C19H20F2N2O2. The first-order valence-corrected chi connectivity index (χ1v) is 8.21. The second kappa shape index (κ2) is 7.09. The first-order valence-electron chi connectivity index (χ1n) is 8.21. The number of benzene rings is 2. The third kappa shape index (κ3) is 3.73. The van der Waals surface area contributed by atoms with Crippen molar-refractivity contribution < 1.29 is 18.3 Å². The number of amides is 2. The maximum absolute atomic E-state index is 13.6. The van der Waals surface area contributed by atoms with E-state index in [1.165, 1.54) is 6.07 Å². The molecule has 25 heavy (non-hydrogen) atoms. The molecule has 4 nitrogen and oxygen atoms in total. The number of rotatable bonds is 4. The average molecular weight is 346 g/mol. The van der Waals surface area contributed by atoms with Gasteiger partial charge in [-0.2, -0.15) is 0 Å². The van der Waals surface area contributed by atoms with Gasteiger partial charge in [-0.1, -0.05) is 18.2 Å². The smallest absolute Gasteiger partial charge is 0.322 e. The largest absolute Gasteiger partial charge is 0.488 e. The highest BCUT2D eigenvalue weighted by atomic mass is 19.1. The van der Waals surface area contributed by atoms with Crippen LogP contribution in [0.1, 0.15) is 19.4 Å². The van der Waals surface area contributed by atoms with Gasteiger partial charge in [-0.05, 0) is 44.0 Å². The Bertz CT molecular complexity index is 782. The molecule has 0 radical (unpaired) electrons. The van der Waals surface area contributed by atoms with Crippen LogP contribution in [0.5, 0.6) is 5.75 Å². The number of ether oxygens (including phenoxy) is 1. The van der Waals surface area contributed by atoms with E-state index in [9.17, 15) is 13.6 Å². The number of nitrogens with zero attached hydrogens (tertiary/aromatic N) is 1. The van der Waals surface area contributed by atoms with E-state index in [1.807, 2.05) is 31.2 Å². The molecule has 0 spiro atoms. The molecule has 0 bridgehead atoms. The summed E-state index contributed by atoms with van der Waals surface area (Å²) in [6, 6.07) is 10.5. The molecule has 1 aliphatic rings. The van der Waals surface area contributed by atoms with Gasteiger partial charge in [0, 0.05) is 17.8 Å². The highest BCUT2D eigenvalue weighted by Gasteiger charge is 2.31. The van der Waals surface area contributed by atoms with Gasteiger partial charge in [-0.25, -0.2) is 13.6 Å². The van der Waals surface area contributed by atoms with Crippen molar-refractivity contribution in [1.29, 1.82) is 0 Å². The van der Waals surface area contributed by atoms with E-state index in [1.54, 1.807) is 11.8 Å². The van der Waals surface area contributed by atoms with E-state index in [4.69, 9.17) is 4.74 Å². The Kier molecular flexibility index (Phi) is 4.88. The van der Waals surface area contributed by atoms with Gasteiger partial charge in [0.1, 0.15) is 12.4 Å². The van der Waals surface area contributed by atoms with Crippen LogP contribution >= 0.6 is 0 Å². The van der Waals surface area contributed by atoms with Crippen molar-refractivity contribution >= 4 is 11.7 Å². The first kappa shape index (κ1) is 17.2. The van der Waals surface area contributed by atoms with Gasteiger partial charge >= 0.3 is 6.03 Å². The van der Waals surface area contributed by atoms with E-state index >= 15 is 0 Å². The Morgan fingerprint density at radius 2 is 2.08 bits per heavy atom. The van der Waals surface area contributed by atoms with Gasteiger partial charge in [0.2, 0.25) is 0 Å². The maximum atomic E-state index is 13.6. The third-order valence-corrected chi connectivity index (χ3v) is 4.18. The fourth-order valence-electron chi connectivity index (χ4n) is 3.00. The zero-order chi connectivity index (χ0) is 18.0. The summed E-state index contributed by atoms with van der Waals surface area (Å²) in [5.41, 5.74) is 2.05. The summed E-state index contributed by atoms with van der Waals surface area (Å²) in [4.78, 5) is 14.3. The summed E-state index contributed by atoms with van der Waals surface area (Å²) in [5, 5.41) is 2.86. The van der Waals surface area contributed by atoms with Crippen LogP contribution in [-0.4, -0.2) is 24.7 Å². The molecule has 1 aliphatic heterocycles. The van der Waals surface area contributed by atoms with Gasteiger partial charge in [0.15, 0.2) is 11.6 Å². The van der Waals surface area contributed by atoms with E-state index in [0.29, 0.717) is 0 Å². The number of fused-ring (bicyclic) bond motifs is 1. The Hall–Kier alpha value is -2.63. The summed E-state index contributed by atoms with van der Waals surface area (Å²) < 4.78 is 31.8. The minimum absolute atomic E-state index is 0.0395. The van der Waals surface area contributed by atoms with Crippen LogP contribution in [0, 0.1) is 11.6 Å². The molecule has 2 unspecified atom stereocenters. The summed E-state index contributed by atoms with van der Waals surface area (Å²) in [5.74, 6) is -1.46. The molecular weight excluding hydrogens is 326 g/mol. The molecule has 0 saturated carbocycles. The summed E-state index contributed by atoms with van der Waals surface area (Å²) >= 11 is 0. The quantitative estimate of drug-likeness (QED) is 0.912. The summed E-state index contributed by atoms with van der Waals surface area (Å²) in [6.07, 6.45) is 0.815. The van der Waals surface area contributed by atoms with Crippen molar-refractivity contribution in [3.05, 3.63) is 59.7 Å². The zero-order valence-electron chi connectivity index (χ0n) is 14.1. The van der Waals surface area contributed by atoms with Crippen LogP contribution < -0.4 is 15.0 Å². The van der Waals surface area contributed by atoms with Crippen LogP contribution in [0.15, 0.2) is 42.5 Å². The molecule has 2 aromatic carbocycles. The molecule has 0 aromatic heterocycles.